The summed E-state index contributed by atoms with van der Waals surface area (Å²) in [5.41, 5.74) is 9.24. The number of hydrogen-bond donors (Lipinski definition) is 1. The summed E-state index contributed by atoms with van der Waals surface area (Å²) in [4.78, 5) is 5.09. The Labute approximate surface area is 122 Å². The van der Waals surface area contributed by atoms with Gasteiger partial charge in [0.05, 0.1) is 0 Å². The number of piperazine rings is 1. The van der Waals surface area contributed by atoms with Gasteiger partial charge in [0.1, 0.15) is 0 Å². The van der Waals surface area contributed by atoms with Crippen molar-refractivity contribution in [1.29, 1.82) is 0 Å². The van der Waals surface area contributed by atoms with Crippen LogP contribution in [0.3, 0.4) is 0 Å². The summed E-state index contributed by atoms with van der Waals surface area (Å²) in [5.74, 6) is 0. The molecule has 0 unspecified atom stereocenters. The Morgan fingerprint density at radius 2 is 1.70 bits per heavy atom. The first-order valence-corrected chi connectivity index (χ1v) is 7.97. The van der Waals surface area contributed by atoms with Gasteiger partial charge in [-0.2, -0.15) is 0 Å². The van der Waals surface area contributed by atoms with Gasteiger partial charge in [-0.3, -0.25) is 4.90 Å². The second-order valence-corrected chi connectivity index (χ2v) is 6.64. The van der Waals surface area contributed by atoms with Crippen LogP contribution in [0.25, 0.3) is 0 Å². The molecule has 3 nitrogen and oxygen atoms in total. The number of hydrogen-bond acceptors (Lipinski definition) is 3. The fourth-order valence-corrected chi connectivity index (χ4v) is 3.48. The van der Waals surface area contributed by atoms with E-state index >= 15 is 0 Å². The molecule has 0 spiro atoms. The molecule has 0 radical (unpaired) electrons. The summed E-state index contributed by atoms with van der Waals surface area (Å²) in [5, 5.41) is 0. The fraction of sp³-hybridized carbons (Fsp3) is 0.647. The van der Waals surface area contributed by atoms with E-state index < -0.39 is 0 Å². The van der Waals surface area contributed by atoms with Gasteiger partial charge in [-0.15, -0.1) is 0 Å². The molecule has 0 amide bonds. The highest BCUT2D eigenvalue weighted by atomic mass is 15.3. The second-order valence-electron chi connectivity index (χ2n) is 6.64. The molecule has 0 atom stereocenters. The standard InChI is InChI=1S/C17H27N3/c1-14(2)19-10-12-20(13-11-19)16-7-4-3-6-15(16)17(18)8-5-9-17/h3-4,6-7,14H,5,8-13,18H2,1-2H3. The van der Waals surface area contributed by atoms with Crippen LogP contribution in [-0.2, 0) is 5.54 Å². The molecule has 1 saturated carbocycles. The highest BCUT2D eigenvalue weighted by molar-refractivity contribution is 5.57. The zero-order valence-corrected chi connectivity index (χ0v) is 12.8. The summed E-state index contributed by atoms with van der Waals surface area (Å²) in [6.07, 6.45) is 3.54. The molecule has 2 N–H and O–H groups in total. The second kappa shape index (κ2) is 5.38. The van der Waals surface area contributed by atoms with Crippen molar-refractivity contribution >= 4 is 5.69 Å². The third-order valence-electron chi connectivity index (χ3n) is 5.07. The predicted octanol–water partition coefficient (Wildman–Crippen LogP) is 2.55. The Bertz CT molecular complexity index is 457. The van der Waals surface area contributed by atoms with Gasteiger partial charge in [0.15, 0.2) is 0 Å². The minimum atomic E-state index is -0.0637. The van der Waals surface area contributed by atoms with Gasteiger partial charge in [-0.1, -0.05) is 18.2 Å². The van der Waals surface area contributed by atoms with Crippen LogP contribution in [0.5, 0.6) is 0 Å². The molecule has 1 aliphatic carbocycles. The molecule has 3 rings (SSSR count). The molecule has 2 aliphatic rings. The van der Waals surface area contributed by atoms with Crippen molar-refractivity contribution in [2.24, 2.45) is 5.73 Å². The molecule has 3 heteroatoms. The van der Waals surface area contributed by atoms with Crippen LogP contribution >= 0.6 is 0 Å². The lowest BCUT2D eigenvalue weighted by Crippen LogP contribution is -2.50. The van der Waals surface area contributed by atoms with Crippen molar-refractivity contribution in [3.63, 3.8) is 0 Å². The normalized spacial score (nSPS) is 22.9. The summed E-state index contributed by atoms with van der Waals surface area (Å²) >= 11 is 0. The van der Waals surface area contributed by atoms with E-state index in [1.54, 1.807) is 0 Å². The van der Waals surface area contributed by atoms with Crippen molar-refractivity contribution in [3.8, 4) is 0 Å². The van der Waals surface area contributed by atoms with Crippen molar-refractivity contribution < 1.29 is 0 Å². The third kappa shape index (κ3) is 2.45. The van der Waals surface area contributed by atoms with Crippen LogP contribution in [0.4, 0.5) is 5.69 Å². The SMILES string of the molecule is CC(C)N1CCN(c2ccccc2C2(N)CCC2)CC1. The molecule has 110 valence electrons. The lowest BCUT2D eigenvalue weighted by Gasteiger charge is -2.44. The molecule has 1 aromatic rings. The molecule has 0 aromatic heterocycles. The van der Waals surface area contributed by atoms with Gasteiger partial charge < -0.3 is 10.6 Å². The predicted molar refractivity (Wildman–Crippen MR) is 85.1 cm³/mol. The smallest absolute Gasteiger partial charge is 0.0430 e. The minimum Gasteiger partial charge on any atom is -0.369 e. The largest absolute Gasteiger partial charge is 0.369 e. The zero-order chi connectivity index (χ0) is 14.2. The number of para-hydroxylation sites is 1. The van der Waals surface area contributed by atoms with E-state index in [-0.39, 0.29) is 5.54 Å². The summed E-state index contributed by atoms with van der Waals surface area (Å²) in [6.45, 7) is 9.11. The van der Waals surface area contributed by atoms with Gasteiger partial charge >= 0.3 is 0 Å². The van der Waals surface area contributed by atoms with Gasteiger partial charge in [0.25, 0.3) is 0 Å². The first-order valence-electron chi connectivity index (χ1n) is 7.97. The van der Waals surface area contributed by atoms with E-state index in [4.69, 9.17) is 5.73 Å². The summed E-state index contributed by atoms with van der Waals surface area (Å²) in [6, 6.07) is 9.43. The van der Waals surface area contributed by atoms with Gasteiger partial charge in [0.2, 0.25) is 0 Å². The molecule has 20 heavy (non-hydrogen) atoms. The van der Waals surface area contributed by atoms with Crippen LogP contribution in [0, 0.1) is 0 Å². The molecular weight excluding hydrogens is 246 g/mol. The molecule has 1 aromatic carbocycles. The lowest BCUT2D eigenvalue weighted by atomic mass is 9.72. The van der Waals surface area contributed by atoms with Crippen molar-refractivity contribution in [1.82, 2.24) is 4.90 Å². The van der Waals surface area contributed by atoms with E-state index in [0.29, 0.717) is 6.04 Å². The van der Waals surface area contributed by atoms with E-state index in [9.17, 15) is 0 Å². The van der Waals surface area contributed by atoms with Crippen molar-refractivity contribution in [3.05, 3.63) is 29.8 Å². The number of nitrogens with two attached hydrogens (primary N) is 1. The maximum Gasteiger partial charge on any atom is 0.0430 e. The van der Waals surface area contributed by atoms with Crippen LogP contribution in [-0.4, -0.2) is 37.1 Å². The van der Waals surface area contributed by atoms with Crippen LogP contribution < -0.4 is 10.6 Å². The third-order valence-corrected chi connectivity index (χ3v) is 5.07. The molecule has 2 fully saturated rings. The highest BCUT2D eigenvalue weighted by Gasteiger charge is 2.37. The average molecular weight is 273 g/mol. The minimum absolute atomic E-state index is 0.0637. The van der Waals surface area contributed by atoms with Crippen molar-refractivity contribution in [2.75, 3.05) is 31.1 Å². The van der Waals surface area contributed by atoms with Gasteiger partial charge in [-0.25, -0.2) is 0 Å². The van der Waals surface area contributed by atoms with E-state index in [0.717, 1.165) is 39.0 Å². The number of rotatable bonds is 3. The van der Waals surface area contributed by atoms with Crippen LogP contribution in [0.1, 0.15) is 38.7 Å². The van der Waals surface area contributed by atoms with E-state index in [1.807, 2.05) is 0 Å². The molecule has 1 heterocycles. The Morgan fingerprint density at radius 3 is 2.25 bits per heavy atom. The van der Waals surface area contributed by atoms with Crippen molar-refractivity contribution in [2.45, 2.75) is 44.7 Å². The Morgan fingerprint density at radius 1 is 1.05 bits per heavy atom. The van der Waals surface area contributed by atoms with Crippen LogP contribution in [0.15, 0.2) is 24.3 Å². The first-order chi connectivity index (χ1) is 9.60. The Balaban J connectivity index is 1.78. The lowest BCUT2D eigenvalue weighted by molar-refractivity contribution is 0.208. The molecular formula is C17H27N3. The van der Waals surface area contributed by atoms with E-state index in [2.05, 4.69) is 47.9 Å². The van der Waals surface area contributed by atoms with Gasteiger partial charge in [-0.05, 0) is 44.7 Å². The maximum absolute atomic E-state index is 6.57. The Kier molecular flexibility index (Phi) is 3.74. The molecule has 1 saturated heterocycles. The first kappa shape index (κ1) is 13.9. The zero-order valence-electron chi connectivity index (χ0n) is 12.8. The highest BCUT2D eigenvalue weighted by Crippen LogP contribution is 2.42. The van der Waals surface area contributed by atoms with E-state index in [1.165, 1.54) is 17.7 Å². The Hall–Kier alpha value is -1.06. The summed E-state index contributed by atoms with van der Waals surface area (Å²) in [7, 11) is 0. The monoisotopic (exact) mass is 273 g/mol. The van der Waals surface area contributed by atoms with Gasteiger partial charge in [0, 0.05) is 43.4 Å². The quantitative estimate of drug-likeness (QED) is 0.918. The maximum atomic E-state index is 6.57. The fourth-order valence-electron chi connectivity index (χ4n) is 3.48. The summed E-state index contributed by atoms with van der Waals surface area (Å²) < 4.78 is 0. The number of nitrogens with zero attached hydrogens (tertiary/aromatic N) is 2. The number of benzene rings is 1. The topological polar surface area (TPSA) is 32.5 Å². The molecule has 0 bridgehead atoms. The molecule has 1 aliphatic heterocycles. The number of anilines is 1. The van der Waals surface area contributed by atoms with Crippen LogP contribution in [0.2, 0.25) is 0 Å². The average Bonchev–Trinajstić information content (AvgIpc) is 2.45.